The highest BCUT2D eigenvalue weighted by Gasteiger charge is 2.09. The predicted molar refractivity (Wildman–Crippen MR) is 69.8 cm³/mol. The number of H-pyrrole nitrogens is 1. The van der Waals surface area contributed by atoms with Gasteiger partial charge in [0, 0.05) is 11.9 Å². The number of aromatic amines is 1. The summed E-state index contributed by atoms with van der Waals surface area (Å²) in [5, 5.41) is 0. The van der Waals surface area contributed by atoms with Crippen LogP contribution in [-0.2, 0) is 6.42 Å². The highest BCUT2D eigenvalue weighted by molar-refractivity contribution is 7.71. The average molecular weight is 232 g/mol. The molecule has 84 valence electrons. The van der Waals surface area contributed by atoms with E-state index in [0.29, 0.717) is 0 Å². The maximum atomic E-state index is 5.33. The second kappa shape index (κ2) is 4.26. The first-order valence-corrected chi connectivity index (χ1v) is 5.92. The van der Waals surface area contributed by atoms with Crippen LogP contribution in [0.15, 0.2) is 24.4 Å². The fraction of sp³-hybridized carbons (Fsp3) is 0.308. The van der Waals surface area contributed by atoms with Gasteiger partial charge in [0.2, 0.25) is 0 Å². The van der Waals surface area contributed by atoms with Gasteiger partial charge in [-0.2, -0.15) is 0 Å². The zero-order chi connectivity index (χ0) is 11.7. The molecule has 0 bridgehead atoms. The van der Waals surface area contributed by atoms with Crippen LogP contribution in [0.25, 0.3) is 5.69 Å². The predicted octanol–water partition coefficient (Wildman–Crippen LogP) is 3.71. The quantitative estimate of drug-likeness (QED) is 0.783. The number of aromatic nitrogens is 2. The minimum Gasteiger partial charge on any atom is -0.337 e. The maximum Gasteiger partial charge on any atom is 0.182 e. The third kappa shape index (κ3) is 1.71. The SMILES string of the molecule is CCc1cccc(C)c1-n1c(C)c[nH]c1=S. The Labute approximate surface area is 101 Å². The first kappa shape index (κ1) is 11.1. The van der Waals surface area contributed by atoms with Crippen LogP contribution >= 0.6 is 12.2 Å². The third-order valence-corrected chi connectivity index (χ3v) is 3.19. The molecule has 0 radical (unpaired) electrons. The Morgan fingerprint density at radius 2 is 2.06 bits per heavy atom. The summed E-state index contributed by atoms with van der Waals surface area (Å²) in [6.07, 6.45) is 2.97. The molecule has 0 spiro atoms. The van der Waals surface area contributed by atoms with Crippen molar-refractivity contribution in [3.8, 4) is 5.69 Å². The number of rotatable bonds is 2. The lowest BCUT2D eigenvalue weighted by molar-refractivity contribution is 0.940. The fourth-order valence-corrected chi connectivity index (χ4v) is 2.35. The Hall–Kier alpha value is -1.35. The van der Waals surface area contributed by atoms with Crippen molar-refractivity contribution in [1.29, 1.82) is 0 Å². The molecule has 3 heteroatoms. The lowest BCUT2D eigenvalue weighted by Gasteiger charge is -2.13. The molecule has 0 aliphatic carbocycles. The van der Waals surface area contributed by atoms with E-state index in [9.17, 15) is 0 Å². The summed E-state index contributed by atoms with van der Waals surface area (Å²) in [5.74, 6) is 0. The van der Waals surface area contributed by atoms with Crippen molar-refractivity contribution in [3.05, 3.63) is 46.0 Å². The van der Waals surface area contributed by atoms with Crippen molar-refractivity contribution in [1.82, 2.24) is 9.55 Å². The lowest BCUT2D eigenvalue weighted by Crippen LogP contribution is -2.03. The van der Waals surface area contributed by atoms with Crippen LogP contribution < -0.4 is 0 Å². The van der Waals surface area contributed by atoms with E-state index in [1.165, 1.54) is 16.8 Å². The van der Waals surface area contributed by atoms with Crippen molar-refractivity contribution in [2.24, 2.45) is 0 Å². The molecule has 1 aromatic heterocycles. The van der Waals surface area contributed by atoms with Gasteiger partial charge in [-0.15, -0.1) is 0 Å². The zero-order valence-corrected chi connectivity index (χ0v) is 10.7. The van der Waals surface area contributed by atoms with Crippen LogP contribution in [0, 0.1) is 18.6 Å². The van der Waals surface area contributed by atoms with Gasteiger partial charge in [0.05, 0.1) is 5.69 Å². The number of hydrogen-bond acceptors (Lipinski definition) is 1. The fourth-order valence-electron chi connectivity index (χ4n) is 2.06. The molecule has 2 rings (SSSR count). The minimum absolute atomic E-state index is 0.765. The molecular weight excluding hydrogens is 216 g/mol. The van der Waals surface area contributed by atoms with Crippen molar-refractivity contribution >= 4 is 12.2 Å². The first-order chi connectivity index (χ1) is 7.65. The van der Waals surface area contributed by atoms with Gasteiger partial charge in [0.1, 0.15) is 0 Å². The molecule has 1 heterocycles. The van der Waals surface area contributed by atoms with E-state index in [-0.39, 0.29) is 0 Å². The molecular formula is C13H16N2S. The third-order valence-electron chi connectivity index (χ3n) is 2.89. The molecule has 1 aromatic carbocycles. The maximum absolute atomic E-state index is 5.33. The van der Waals surface area contributed by atoms with E-state index in [0.717, 1.165) is 16.9 Å². The Morgan fingerprint density at radius 1 is 1.31 bits per heavy atom. The zero-order valence-electron chi connectivity index (χ0n) is 9.87. The number of nitrogens with one attached hydrogen (secondary N) is 1. The van der Waals surface area contributed by atoms with E-state index in [2.05, 4.69) is 48.5 Å². The summed E-state index contributed by atoms with van der Waals surface area (Å²) in [6.45, 7) is 6.37. The first-order valence-electron chi connectivity index (χ1n) is 5.51. The summed E-state index contributed by atoms with van der Waals surface area (Å²) in [5.41, 5.74) is 4.97. The largest absolute Gasteiger partial charge is 0.337 e. The van der Waals surface area contributed by atoms with E-state index in [4.69, 9.17) is 12.2 Å². The van der Waals surface area contributed by atoms with Gasteiger partial charge in [-0.3, -0.25) is 4.57 Å². The molecule has 1 N–H and O–H groups in total. The normalized spacial score (nSPS) is 10.7. The molecule has 2 nitrogen and oxygen atoms in total. The topological polar surface area (TPSA) is 20.7 Å². The molecule has 0 aliphatic heterocycles. The van der Waals surface area contributed by atoms with E-state index in [1.807, 2.05) is 6.20 Å². The number of nitrogens with zero attached hydrogens (tertiary/aromatic N) is 1. The van der Waals surface area contributed by atoms with E-state index >= 15 is 0 Å². The van der Waals surface area contributed by atoms with Crippen LogP contribution in [0.3, 0.4) is 0 Å². The molecule has 0 saturated carbocycles. The van der Waals surface area contributed by atoms with Gasteiger partial charge in [-0.1, -0.05) is 25.1 Å². The van der Waals surface area contributed by atoms with Crippen molar-refractivity contribution in [2.45, 2.75) is 27.2 Å². The summed E-state index contributed by atoms with van der Waals surface area (Å²) >= 11 is 5.33. The summed E-state index contributed by atoms with van der Waals surface area (Å²) < 4.78 is 2.88. The molecule has 0 atom stereocenters. The molecule has 0 unspecified atom stereocenters. The molecule has 0 saturated heterocycles. The molecule has 0 aliphatic rings. The standard InChI is InChI=1S/C13H16N2S/c1-4-11-7-5-6-9(2)12(11)15-10(3)8-14-13(15)16/h5-8H,4H2,1-3H3,(H,14,16). The van der Waals surface area contributed by atoms with Gasteiger partial charge in [0.15, 0.2) is 4.77 Å². The van der Waals surface area contributed by atoms with Crippen LogP contribution in [-0.4, -0.2) is 9.55 Å². The Kier molecular flexibility index (Phi) is 2.97. The van der Waals surface area contributed by atoms with Gasteiger partial charge in [-0.25, -0.2) is 0 Å². The number of aryl methyl sites for hydroxylation is 3. The van der Waals surface area contributed by atoms with Crippen molar-refractivity contribution in [3.63, 3.8) is 0 Å². The number of para-hydroxylation sites is 1. The van der Waals surface area contributed by atoms with Crippen molar-refractivity contribution < 1.29 is 0 Å². The molecule has 0 amide bonds. The number of imidazole rings is 1. The second-order valence-electron chi connectivity index (χ2n) is 4.01. The van der Waals surface area contributed by atoms with Gasteiger partial charge in [-0.05, 0) is 43.6 Å². The highest BCUT2D eigenvalue weighted by atomic mass is 32.1. The lowest BCUT2D eigenvalue weighted by atomic mass is 10.1. The summed E-state index contributed by atoms with van der Waals surface area (Å²) in [6, 6.07) is 6.39. The number of benzene rings is 1. The summed E-state index contributed by atoms with van der Waals surface area (Å²) in [4.78, 5) is 3.09. The van der Waals surface area contributed by atoms with Crippen LogP contribution in [0.5, 0.6) is 0 Å². The van der Waals surface area contributed by atoms with Crippen LogP contribution in [0.4, 0.5) is 0 Å². The highest BCUT2D eigenvalue weighted by Crippen LogP contribution is 2.22. The monoisotopic (exact) mass is 232 g/mol. The number of hydrogen-bond donors (Lipinski definition) is 1. The Bertz CT molecular complexity index is 564. The minimum atomic E-state index is 0.765. The van der Waals surface area contributed by atoms with Crippen molar-refractivity contribution in [2.75, 3.05) is 0 Å². The van der Waals surface area contributed by atoms with E-state index in [1.54, 1.807) is 0 Å². The van der Waals surface area contributed by atoms with Gasteiger partial charge in [0.25, 0.3) is 0 Å². The van der Waals surface area contributed by atoms with Crippen LogP contribution in [0.1, 0.15) is 23.7 Å². The molecule has 16 heavy (non-hydrogen) atoms. The Balaban J connectivity index is 2.78. The average Bonchev–Trinajstić information content (AvgIpc) is 2.59. The molecule has 0 fully saturated rings. The second-order valence-corrected chi connectivity index (χ2v) is 4.39. The van der Waals surface area contributed by atoms with Gasteiger partial charge < -0.3 is 4.98 Å². The summed E-state index contributed by atoms with van der Waals surface area (Å²) in [7, 11) is 0. The van der Waals surface area contributed by atoms with Gasteiger partial charge >= 0.3 is 0 Å². The van der Waals surface area contributed by atoms with Crippen LogP contribution in [0.2, 0.25) is 0 Å². The molecule has 2 aromatic rings. The smallest absolute Gasteiger partial charge is 0.182 e. The Morgan fingerprint density at radius 3 is 2.62 bits per heavy atom. The van der Waals surface area contributed by atoms with E-state index < -0.39 is 0 Å².